The van der Waals surface area contributed by atoms with Crippen molar-refractivity contribution in [2.75, 3.05) is 37.7 Å². The molecule has 0 aliphatic carbocycles. The molecule has 2 nitrogen and oxygen atoms in total. The molecule has 1 fully saturated rings. The minimum Gasteiger partial charge on any atom is -0.315 e. The lowest BCUT2D eigenvalue weighted by Crippen LogP contribution is -2.41. The van der Waals surface area contributed by atoms with Gasteiger partial charge in [0.2, 0.25) is 0 Å². The molecule has 1 heterocycles. The van der Waals surface area contributed by atoms with Crippen LogP contribution in [0.15, 0.2) is 0 Å². The number of nitrogens with one attached hydrogen (secondary N) is 1. The van der Waals surface area contributed by atoms with Gasteiger partial charge < -0.3 is 5.32 Å². The fourth-order valence-corrected chi connectivity index (χ4v) is 2.92. The third-order valence-electron chi connectivity index (χ3n) is 3.36. The largest absolute Gasteiger partial charge is 0.315 e. The fraction of sp³-hybridized carbons (Fsp3) is 1.00. The summed E-state index contributed by atoms with van der Waals surface area (Å²) in [5.74, 6) is 2.56. The molecule has 0 bridgehead atoms. The average Bonchev–Trinajstić information content (AvgIpc) is 2.30. The topological polar surface area (TPSA) is 15.3 Å². The average molecular weight is 244 g/mol. The van der Waals surface area contributed by atoms with Gasteiger partial charge in [0.1, 0.15) is 0 Å². The van der Waals surface area contributed by atoms with E-state index in [0.717, 1.165) is 6.04 Å². The van der Waals surface area contributed by atoms with Crippen molar-refractivity contribution in [2.24, 2.45) is 0 Å². The van der Waals surface area contributed by atoms with E-state index in [2.05, 4.69) is 24.1 Å². The molecule has 0 radical (unpaired) electrons. The van der Waals surface area contributed by atoms with Crippen LogP contribution in [0.4, 0.5) is 0 Å². The van der Waals surface area contributed by atoms with E-state index in [1.165, 1.54) is 63.4 Å². The van der Waals surface area contributed by atoms with Crippen molar-refractivity contribution < 1.29 is 0 Å². The molecule has 0 amide bonds. The monoisotopic (exact) mass is 244 g/mol. The molecule has 3 heteroatoms. The van der Waals surface area contributed by atoms with Crippen molar-refractivity contribution >= 4 is 11.8 Å². The molecule has 96 valence electrons. The highest BCUT2D eigenvalue weighted by Gasteiger charge is 2.16. The van der Waals surface area contributed by atoms with Gasteiger partial charge in [-0.15, -0.1) is 0 Å². The van der Waals surface area contributed by atoms with Crippen LogP contribution in [-0.4, -0.2) is 48.6 Å². The second kappa shape index (κ2) is 9.32. The predicted octanol–water partition coefficient (Wildman–Crippen LogP) is 2.59. The van der Waals surface area contributed by atoms with Crippen molar-refractivity contribution in [3.8, 4) is 0 Å². The Hall–Kier alpha value is 0.270. The molecule has 1 atom stereocenters. The molecule has 1 saturated heterocycles. The second-order valence-corrected chi connectivity index (χ2v) is 6.08. The third-order valence-corrected chi connectivity index (χ3v) is 4.35. The first-order valence-corrected chi connectivity index (χ1v) is 8.02. The number of piperidine rings is 1. The van der Waals surface area contributed by atoms with Gasteiger partial charge in [0.05, 0.1) is 0 Å². The Morgan fingerprint density at radius 1 is 1.31 bits per heavy atom. The van der Waals surface area contributed by atoms with Gasteiger partial charge in [-0.25, -0.2) is 0 Å². The van der Waals surface area contributed by atoms with Crippen LogP contribution in [0.2, 0.25) is 0 Å². The number of nitrogens with zero attached hydrogens (tertiary/aromatic N) is 1. The summed E-state index contributed by atoms with van der Waals surface area (Å²) in [5, 5.41) is 3.56. The summed E-state index contributed by atoms with van der Waals surface area (Å²) in [5.41, 5.74) is 0. The molecule has 0 aromatic rings. The molecule has 0 saturated carbocycles. The van der Waals surface area contributed by atoms with E-state index in [9.17, 15) is 0 Å². The number of rotatable bonds is 8. The van der Waals surface area contributed by atoms with Crippen molar-refractivity contribution in [3.63, 3.8) is 0 Å². The van der Waals surface area contributed by atoms with Crippen LogP contribution >= 0.6 is 11.8 Å². The van der Waals surface area contributed by atoms with E-state index in [1.54, 1.807) is 0 Å². The van der Waals surface area contributed by atoms with Crippen LogP contribution in [-0.2, 0) is 0 Å². The van der Waals surface area contributed by atoms with Gasteiger partial charge in [-0.2, -0.15) is 11.8 Å². The highest BCUT2D eigenvalue weighted by molar-refractivity contribution is 7.99. The minimum absolute atomic E-state index is 0.811. The fourth-order valence-electron chi connectivity index (χ4n) is 2.28. The predicted molar refractivity (Wildman–Crippen MR) is 75.4 cm³/mol. The molecular weight excluding hydrogens is 216 g/mol. The normalized spacial score (nSPS) is 22.5. The van der Waals surface area contributed by atoms with Gasteiger partial charge in [-0.3, -0.25) is 4.90 Å². The lowest BCUT2D eigenvalue weighted by molar-refractivity contribution is 0.162. The zero-order valence-electron chi connectivity index (χ0n) is 11.0. The van der Waals surface area contributed by atoms with E-state index in [1.807, 2.05) is 11.8 Å². The number of thioether (sulfide) groups is 1. The third kappa shape index (κ3) is 6.12. The summed E-state index contributed by atoms with van der Waals surface area (Å²) in [6.45, 7) is 9.51. The second-order valence-electron chi connectivity index (χ2n) is 4.68. The Morgan fingerprint density at radius 3 is 2.94 bits per heavy atom. The van der Waals surface area contributed by atoms with Crippen LogP contribution in [0.1, 0.15) is 39.5 Å². The van der Waals surface area contributed by atoms with Gasteiger partial charge in [0, 0.05) is 19.1 Å². The van der Waals surface area contributed by atoms with Crippen molar-refractivity contribution in [3.05, 3.63) is 0 Å². The smallest absolute Gasteiger partial charge is 0.0110 e. The lowest BCUT2D eigenvalue weighted by Gasteiger charge is -2.33. The lowest BCUT2D eigenvalue weighted by atomic mass is 10.0. The summed E-state index contributed by atoms with van der Waals surface area (Å²) in [7, 11) is 0. The van der Waals surface area contributed by atoms with E-state index in [0.29, 0.717) is 0 Å². The molecule has 0 spiro atoms. The van der Waals surface area contributed by atoms with Crippen molar-refractivity contribution in [1.82, 2.24) is 10.2 Å². The molecule has 1 rings (SSSR count). The highest BCUT2D eigenvalue weighted by Crippen LogP contribution is 2.15. The highest BCUT2D eigenvalue weighted by atomic mass is 32.2. The van der Waals surface area contributed by atoms with Crippen LogP contribution in [0.3, 0.4) is 0 Å². The van der Waals surface area contributed by atoms with E-state index in [4.69, 9.17) is 0 Å². The van der Waals surface area contributed by atoms with E-state index in [-0.39, 0.29) is 0 Å². The SMILES string of the molecule is CCSCCCNCCN1CCCCC1C. The zero-order chi connectivity index (χ0) is 11.6. The summed E-state index contributed by atoms with van der Waals surface area (Å²) in [6.07, 6.45) is 5.54. The number of hydrogen-bond donors (Lipinski definition) is 1. The molecule has 0 aromatic heterocycles. The number of hydrogen-bond acceptors (Lipinski definition) is 3. The van der Waals surface area contributed by atoms with Crippen molar-refractivity contribution in [1.29, 1.82) is 0 Å². The Morgan fingerprint density at radius 2 is 2.19 bits per heavy atom. The maximum Gasteiger partial charge on any atom is 0.0110 e. The quantitative estimate of drug-likeness (QED) is 0.661. The van der Waals surface area contributed by atoms with Crippen molar-refractivity contribution in [2.45, 2.75) is 45.6 Å². The summed E-state index contributed by atoms with van der Waals surface area (Å²) < 4.78 is 0. The summed E-state index contributed by atoms with van der Waals surface area (Å²) in [4.78, 5) is 2.64. The van der Waals surface area contributed by atoms with Gasteiger partial charge in [-0.1, -0.05) is 13.3 Å². The summed E-state index contributed by atoms with van der Waals surface area (Å²) in [6, 6.07) is 0.811. The first kappa shape index (κ1) is 14.3. The Balaban J connectivity index is 1.90. The van der Waals surface area contributed by atoms with Crippen LogP contribution in [0.5, 0.6) is 0 Å². The standard InChI is InChI=1S/C13H28N2S/c1-3-16-12-6-8-14-9-11-15-10-5-4-7-13(15)2/h13-14H,3-12H2,1-2H3. The maximum atomic E-state index is 3.56. The maximum absolute atomic E-state index is 3.56. The first-order chi connectivity index (χ1) is 7.84. The van der Waals surface area contributed by atoms with E-state index < -0.39 is 0 Å². The molecule has 0 aromatic carbocycles. The molecular formula is C13H28N2S. The van der Waals surface area contributed by atoms with Gasteiger partial charge in [0.15, 0.2) is 0 Å². The minimum atomic E-state index is 0.811. The molecule has 1 N–H and O–H groups in total. The van der Waals surface area contributed by atoms with Gasteiger partial charge in [0.25, 0.3) is 0 Å². The zero-order valence-corrected chi connectivity index (χ0v) is 11.8. The van der Waals surface area contributed by atoms with Gasteiger partial charge in [-0.05, 0) is 50.8 Å². The Kier molecular flexibility index (Phi) is 8.34. The van der Waals surface area contributed by atoms with Crippen LogP contribution in [0, 0.1) is 0 Å². The number of likely N-dealkylation sites (tertiary alicyclic amines) is 1. The Bertz CT molecular complexity index is 164. The van der Waals surface area contributed by atoms with Crippen LogP contribution < -0.4 is 5.32 Å². The molecule has 16 heavy (non-hydrogen) atoms. The van der Waals surface area contributed by atoms with Gasteiger partial charge >= 0.3 is 0 Å². The molecule has 1 unspecified atom stereocenters. The van der Waals surface area contributed by atoms with Crippen LogP contribution in [0.25, 0.3) is 0 Å². The first-order valence-electron chi connectivity index (χ1n) is 6.87. The summed E-state index contributed by atoms with van der Waals surface area (Å²) >= 11 is 2.04. The van der Waals surface area contributed by atoms with E-state index >= 15 is 0 Å². The Labute approximate surface area is 106 Å². The molecule has 1 aliphatic heterocycles. The molecule has 1 aliphatic rings.